The molecule has 2 aliphatic rings. The molecule has 22 heavy (non-hydrogen) atoms. The third-order valence-electron chi connectivity index (χ3n) is 4.56. The molecule has 0 aromatic carbocycles. The first-order valence-corrected chi connectivity index (χ1v) is 8.59. The van der Waals surface area contributed by atoms with E-state index >= 15 is 0 Å². The molecular formula is C17H34N4O. The number of amides is 2. The van der Waals surface area contributed by atoms with E-state index in [2.05, 4.69) is 35.9 Å². The molecule has 128 valence electrons. The molecule has 0 aromatic heterocycles. The Bertz CT molecular complexity index is 382. The highest BCUT2D eigenvalue weighted by Gasteiger charge is 2.35. The predicted octanol–water partition coefficient (Wildman–Crippen LogP) is 1.84. The van der Waals surface area contributed by atoms with E-state index in [1.807, 2.05) is 25.7 Å². The van der Waals surface area contributed by atoms with E-state index in [1.54, 1.807) is 0 Å². The van der Waals surface area contributed by atoms with Crippen LogP contribution in [0.1, 0.15) is 41.5 Å². The van der Waals surface area contributed by atoms with E-state index in [0.717, 1.165) is 32.1 Å². The van der Waals surface area contributed by atoms with Crippen LogP contribution in [0.3, 0.4) is 0 Å². The molecular weight excluding hydrogens is 276 g/mol. The fourth-order valence-corrected chi connectivity index (χ4v) is 3.13. The smallest absolute Gasteiger partial charge is 0.317 e. The van der Waals surface area contributed by atoms with Crippen molar-refractivity contribution in [2.45, 2.75) is 52.6 Å². The van der Waals surface area contributed by atoms with Gasteiger partial charge in [0.15, 0.2) is 0 Å². The lowest BCUT2D eigenvalue weighted by Crippen LogP contribution is -2.60. The Morgan fingerprint density at radius 3 is 2.00 bits per heavy atom. The van der Waals surface area contributed by atoms with E-state index in [1.165, 1.54) is 19.6 Å². The van der Waals surface area contributed by atoms with Gasteiger partial charge in [-0.1, -0.05) is 0 Å². The van der Waals surface area contributed by atoms with Crippen molar-refractivity contribution < 1.29 is 4.79 Å². The van der Waals surface area contributed by atoms with Crippen LogP contribution in [-0.2, 0) is 0 Å². The van der Waals surface area contributed by atoms with Crippen LogP contribution >= 0.6 is 0 Å². The minimum Gasteiger partial charge on any atom is -0.333 e. The Morgan fingerprint density at radius 1 is 1.00 bits per heavy atom. The highest BCUT2D eigenvalue weighted by Crippen LogP contribution is 2.26. The molecule has 0 aliphatic carbocycles. The van der Waals surface area contributed by atoms with Gasteiger partial charge in [-0.05, 0) is 47.5 Å². The Kier molecular flexibility index (Phi) is 5.07. The molecule has 2 rings (SSSR count). The van der Waals surface area contributed by atoms with Gasteiger partial charge in [0.05, 0.1) is 0 Å². The highest BCUT2D eigenvalue weighted by molar-refractivity contribution is 5.75. The summed E-state index contributed by atoms with van der Waals surface area (Å²) in [4.78, 5) is 19.2. The topological polar surface area (TPSA) is 38.8 Å². The number of urea groups is 1. The summed E-state index contributed by atoms with van der Waals surface area (Å²) in [5.74, 6) is 0.800. The molecule has 0 atom stereocenters. The molecule has 2 fully saturated rings. The van der Waals surface area contributed by atoms with E-state index in [4.69, 9.17) is 0 Å². The number of carbonyl (C=O) groups is 1. The van der Waals surface area contributed by atoms with Crippen LogP contribution in [0.5, 0.6) is 0 Å². The first-order chi connectivity index (χ1) is 10.0. The summed E-state index contributed by atoms with van der Waals surface area (Å²) < 4.78 is 0. The van der Waals surface area contributed by atoms with Crippen molar-refractivity contribution in [3.63, 3.8) is 0 Å². The van der Waals surface area contributed by atoms with Crippen LogP contribution < -0.4 is 5.32 Å². The van der Waals surface area contributed by atoms with Crippen molar-refractivity contribution in [3.05, 3.63) is 0 Å². The van der Waals surface area contributed by atoms with E-state index < -0.39 is 0 Å². The molecule has 2 heterocycles. The molecule has 0 unspecified atom stereocenters. The average Bonchev–Trinajstić information content (AvgIpc) is 2.30. The quantitative estimate of drug-likeness (QED) is 0.846. The predicted molar refractivity (Wildman–Crippen MR) is 91.1 cm³/mol. The Labute approximate surface area is 136 Å². The SMILES string of the molecule is CC(C)(C)NC(=O)N1CCN(CC2CN(C(C)(C)C)C2)CC1. The van der Waals surface area contributed by atoms with Crippen LogP contribution in [0.15, 0.2) is 0 Å². The van der Waals surface area contributed by atoms with E-state index in [9.17, 15) is 4.79 Å². The van der Waals surface area contributed by atoms with Gasteiger partial charge in [0.25, 0.3) is 0 Å². The third kappa shape index (κ3) is 4.85. The summed E-state index contributed by atoms with van der Waals surface area (Å²) in [5.41, 5.74) is 0.150. The molecule has 0 bridgehead atoms. The zero-order valence-corrected chi connectivity index (χ0v) is 15.3. The average molecular weight is 310 g/mol. The molecule has 0 spiro atoms. The van der Waals surface area contributed by atoms with Crippen LogP contribution in [0, 0.1) is 5.92 Å². The zero-order chi connectivity index (χ0) is 16.5. The first-order valence-electron chi connectivity index (χ1n) is 8.59. The minimum atomic E-state index is -0.156. The van der Waals surface area contributed by atoms with Crippen LogP contribution in [0.2, 0.25) is 0 Å². The second-order valence-corrected chi connectivity index (χ2v) is 8.91. The van der Waals surface area contributed by atoms with Crippen molar-refractivity contribution in [3.8, 4) is 0 Å². The van der Waals surface area contributed by atoms with Crippen LogP contribution in [-0.4, -0.2) is 77.6 Å². The number of hydrogen-bond donors (Lipinski definition) is 1. The van der Waals surface area contributed by atoms with Crippen LogP contribution in [0.25, 0.3) is 0 Å². The summed E-state index contributed by atoms with van der Waals surface area (Å²) in [6.45, 7) is 20.3. The molecule has 2 amide bonds. The van der Waals surface area contributed by atoms with Crippen molar-refractivity contribution in [1.29, 1.82) is 0 Å². The summed E-state index contributed by atoms with van der Waals surface area (Å²) in [6, 6.07) is 0.0784. The highest BCUT2D eigenvalue weighted by atomic mass is 16.2. The second-order valence-electron chi connectivity index (χ2n) is 8.91. The number of nitrogens with one attached hydrogen (secondary N) is 1. The van der Waals surface area contributed by atoms with Gasteiger partial charge < -0.3 is 10.2 Å². The number of rotatable bonds is 2. The summed E-state index contributed by atoms with van der Waals surface area (Å²) in [7, 11) is 0. The molecule has 0 saturated carbocycles. The Hall–Kier alpha value is -0.810. The maximum absolute atomic E-state index is 12.2. The molecule has 1 N–H and O–H groups in total. The molecule has 0 aromatic rings. The van der Waals surface area contributed by atoms with E-state index in [-0.39, 0.29) is 11.6 Å². The lowest BCUT2D eigenvalue weighted by atomic mass is 9.92. The molecule has 5 nitrogen and oxygen atoms in total. The van der Waals surface area contributed by atoms with Gasteiger partial charge >= 0.3 is 6.03 Å². The standard InChI is InChI=1S/C17H34N4O/c1-16(2,3)18-15(22)20-9-7-19(8-10-20)11-14-12-21(13-14)17(4,5)6/h14H,7-13H2,1-6H3,(H,18,22). The van der Waals surface area contributed by atoms with Gasteiger partial charge in [-0.25, -0.2) is 4.79 Å². The summed E-state index contributed by atoms with van der Waals surface area (Å²) >= 11 is 0. The number of hydrogen-bond acceptors (Lipinski definition) is 3. The molecule has 2 aliphatic heterocycles. The second kappa shape index (κ2) is 6.36. The van der Waals surface area contributed by atoms with Crippen molar-refractivity contribution in [2.75, 3.05) is 45.8 Å². The summed E-state index contributed by atoms with van der Waals surface area (Å²) in [6.07, 6.45) is 0. The lowest BCUT2D eigenvalue weighted by molar-refractivity contribution is -0.00699. The first kappa shape index (κ1) is 17.5. The van der Waals surface area contributed by atoms with Crippen molar-refractivity contribution in [1.82, 2.24) is 20.0 Å². The van der Waals surface area contributed by atoms with Crippen LogP contribution in [0.4, 0.5) is 4.79 Å². The number of likely N-dealkylation sites (tertiary alicyclic amines) is 1. The van der Waals surface area contributed by atoms with Crippen molar-refractivity contribution >= 4 is 6.03 Å². The van der Waals surface area contributed by atoms with Gasteiger partial charge in [0.2, 0.25) is 0 Å². The maximum atomic E-state index is 12.2. The normalized spacial score (nSPS) is 22.5. The number of nitrogens with zero attached hydrogens (tertiary/aromatic N) is 3. The number of piperazine rings is 1. The molecule has 2 saturated heterocycles. The largest absolute Gasteiger partial charge is 0.333 e. The van der Waals surface area contributed by atoms with Gasteiger partial charge in [-0.2, -0.15) is 0 Å². The minimum absolute atomic E-state index is 0.0784. The Balaban J connectivity index is 1.67. The lowest BCUT2D eigenvalue weighted by Gasteiger charge is -2.49. The van der Waals surface area contributed by atoms with Crippen molar-refractivity contribution in [2.24, 2.45) is 5.92 Å². The van der Waals surface area contributed by atoms with Gasteiger partial charge in [0, 0.05) is 56.9 Å². The molecule has 5 heteroatoms. The van der Waals surface area contributed by atoms with Gasteiger partial charge in [-0.3, -0.25) is 9.80 Å². The zero-order valence-electron chi connectivity index (χ0n) is 15.3. The van der Waals surface area contributed by atoms with Gasteiger partial charge in [0.1, 0.15) is 0 Å². The maximum Gasteiger partial charge on any atom is 0.317 e. The summed E-state index contributed by atoms with van der Waals surface area (Å²) in [5, 5.41) is 3.05. The van der Waals surface area contributed by atoms with Gasteiger partial charge in [-0.15, -0.1) is 0 Å². The monoisotopic (exact) mass is 310 g/mol. The molecule has 0 radical (unpaired) electrons. The third-order valence-corrected chi connectivity index (χ3v) is 4.56. The number of carbonyl (C=O) groups excluding carboxylic acids is 1. The van der Waals surface area contributed by atoms with E-state index in [0.29, 0.717) is 5.54 Å². The fourth-order valence-electron chi connectivity index (χ4n) is 3.13. The Morgan fingerprint density at radius 2 is 1.55 bits per heavy atom. The fraction of sp³-hybridized carbons (Fsp3) is 0.941.